The van der Waals surface area contributed by atoms with Crippen molar-refractivity contribution >= 4 is 5.97 Å². The van der Waals surface area contributed by atoms with Crippen LogP contribution in [0.5, 0.6) is 0 Å². The number of aliphatic carboxylic acids is 1. The van der Waals surface area contributed by atoms with Crippen LogP contribution in [0.15, 0.2) is 12.2 Å². The summed E-state index contributed by atoms with van der Waals surface area (Å²) in [4.78, 5) is 10.6. The van der Waals surface area contributed by atoms with E-state index in [0.29, 0.717) is 6.42 Å². The highest BCUT2D eigenvalue weighted by atomic mass is 16.4. The van der Waals surface area contributed by atoms with E-state index in [1.54, 1.807) is 0 Å². The lowest BCUT2D eigenvalue weighted by atomic mass is 10.0. The van der Waals surface area contributed by atoms with Gasteiger partial charge in [-0.3, -0.25) is 0 Å². The lowest BCUT2D eigenvalue weighted by Crippen LogP contribution is -2.23. The molecule has 208 valence electrons. The van der Waals surface area contributed by atoms with Crippen LogP contribution in [-0.2, 0) is 4.79 Å². The van der Waals surface area contributed by atoms with Gasteiger partial charge in [-0.2, -0.15) is 0 Å². The van der Waals surface area contributed by atoms with Crippen molar-refractivity contribution in [3.8, 4) is 0 Å². The lowest BCUT2D eigenvalue weighted by Gasteiger charge is -2.06. The van der Waals surface area contributed by atoms with Gasteiger partial charge in [0.2, 0.25) is 0 Å². The quantitative estimate of drug-likeness (QED) is 0.0740. The number of hydrogen-bond acceptors (Lipinski definition) is 2. The molecule has 0 aliphatic heterocycles. The summed E-state index contributed by atoms with van der Waals surface area (Å²) in [5.41, 5.74) is 0.250. The van der Waals surface area contributed by atoms with Gasteiger partial charge in [0.05, 0.1) is 5.97 Å². The van der Waals surface area contributed by atoms with Gasteiger partial charge in [0.25, 0.3) is 0 Å². The Morgan fingerprint density at radius 2 is 0.629 bits per heavy atom. The van der Waals surface area contributed by atoms with Crippen LogP contribution in [0.25, 0.3) is 0 Å². The molecule has 0 heterocycles. The molecule has 0 unspecified atom stereocenters. The van der Waals surface area contributed by atoms with Crippen molar-refractivity contribution < 1.29 is 9.90 Å². The van der Waals surface area contributed by atoms with Crippen LogP contribution in [0.4, 0.5) is 0 Å². The zero-order chi connectivity index (χ0) is 25.7. The van der Waals surface area contributed by atoms with Gasteiger partial charge in [-0.15, -0.1) is 0 Å². The molecule has 2 heteroatoms. The maximum absolute atomic E-state index is 10.6. The average molecular weight is 492 g/mol. The van der Waals surface area contributed by atoms with E-state index in [9.17, 15) is 9.90 Å². The lowest BCUT2D eigenvalue weighted by molar-refractivity contribution is -0.299. The predicted molar refractivity (Wildman–Crippen MR) is 154 cm³/mol. The Balaban J connectivity index is 3.05. The van der Waals surface area contributed by atoms with Crippen LogP contribution < -0.4 is 5.11 Å². The fourth-order valence-electron chi connectivity index (χ4n) is 5.11. The highest BCUT2D eigenvalue weighted by Crippen LogP contribution is 2.16. The van der Waals surface area contributed by atoms with Crippen molar-refractivity contribution in [2.45, 2.75) is 193 Å². The molecule has 35 heavy (non-hydrogen) atoms. The number of carbonyl (C=O) groups excluding carboxylic acids is 1. The Morgan fingerprint density at radius 3 is 0.829 bits per heavy atom. The Bertz CT molecular complexity index is 442. The summed E-state index contributed by atoms with van der Waals surface area (Å²) in [5, 5.41) is 10.6. The predicted octanol–water partition coefficient (Wildman–Crippen LogP) is 10.6. The highest BCUT2D eigenvalue weighted by Gasteiger charge is 1.98. The first-order valence-electron chi connectivity index (χ1n) is 16.1. The van der Waals surface area contributed by atoms with E-state index in [4.69, 9.17) is 0 Å². The van der Waals surface area contributed by atoms with Crippen molar-refractivity contribution in [2.75, 3.05) is 0 Å². The smallest absolute Gasteiger partial charge is 0.0668 e. The highest BCUT2D eigenvalue weighted by molar-refractivity contribution is 5.83. The molecule has 2 nitrogen and oxygen atoms in total. The summed E-state index contributed by atoms with van der Waals surface area (Å²) in [6, 6.07) is 0. The number of rotatable bonds is 30. The summed E-state index contributed by atoms with van der Waals surface area (Å²) in [6.07, 6.45) is 39.7. The van der Waals surface area contributed by atoms with Crippen molar-refractivity contribution in [3.63, 3.8) is 0 Å². The minimum atomic E-state index is -1.09. The van der Waals surface area contributed by atoms with E-state index >= 15 is 0 Å². The Labute approximate surface area is 221 Å². The summed E-state index contributed by atoms with van der Waals surface area (Å²) in [7, 11) is 0. The first kappa shape index (κ1) is 34.2. The monoisotopic (exact) mass is 491 g/mol. The zero-order valence-corrected chi connectivity index (χ0v) is 24.0. The van der Waals surface area contributed by atoms with Gasteiger partial charge in [-0.05, 0) is 18.4 Å². The molecule has 0 aromatic carbocycles. The fraction of sp³-hybridized carbons (Fsp3) is 0.909. The van der Waals surface area contributed by atoms with Crippen LogP contribution in [0.1, 0.15) is 193 Å². The molecule has 0 aliphatic rings. The number of carboxylic acids is 1. The largest absolute Gasteiger partial charge is 0.545 e. The molecular weight excluding hydrogens is 428 g/mol. The summed E-state index contributed by atoms with van der Waals surface area (Å²) < 4.78 is 0. The van der Waals surface area contributed by atoms with Crippen LogP contribution in [0.3, 0.4) is 0 Å². The molecule has 0 saturated carbocycles. The van der Waals surface area contributed by atoms with Crippen molar-refractivity contribution in [1.82, 2.24) is 0 Å². The first-order valence-corrected chi connectivity index (χ1v) is 16.1. The number of carbonyl (C=O) groups is 1. The van der Waals surface area contributed by atoms with Crippen LogP contribution >= 0.6 is 0 Å². The molecule has 0 atom stereocenters. The number of unbranched alkanes of at least 4 members (excludes halogenated alkanes) is 27. The molecule has 0 aliphatic carbocycles. The third-order valence-electron chi connectivity index (χ3n) is 7.62. The number of carboxylic acid groups (broad SMARTS) is 1. The summed E-state index contributed by atoms with van der Waals surface area (Å²) in [5.74, 6) is -1.09. The molecule has 0 N–H and O–H groups in total. The second kappa shape index (κ2) is 29.4. The molecule has 0 radical (unpaired) electrons. The van der Waals surface area contributed by atoms with Gasteiger partial charge < -0.3 is 9.90 Å². The molecule has 0 aromatic heterocycles. The van der Waals surface area contributed by atoms with Crippen LogP contribution in [-0.4, -0.2) is 5.97 Å². The Morgan fingerprint density at radius 1 is 0.429 bits per heavy atom. The molecule has 0 fully saturated rings. The third kappa shape index (κ3) is 29.3. The van der Waals surface area contributed by atoms with E-state index in [0.717, 1.165) is 12.8 Å². The second-order valence-corrected chi connectivity index (χ2v) is 11.2. The molecule has 0 bridgehead atoms. The standard InChI is InChI=1S/C33H64O2/c1-3-4-5-6-7-8-9-10-11-12-13-14-15-16-17-18-19-20-21-22-23-24-25-26-27-28-29-30-31-32(2)33(34)35/h2-31H2,1H3,(H,34,35)/p-1. The van der Waals surface area contributed by atoms with Gasteiger partial charge >= 0.3 is 0 Å². The SMILES string of the molecule is C=C(CCCCCCCCCCCCCCCCCCCCCCCCCCCCCC)C(=O)[O-]. The van der Waals surface area contributed by atoms with Gasteiger partial charge in [0.15, 0.2) is 0 Å². The summed E-state index contributed by atoms with van der Waals surface area (Å²) >= 11 is 0. The van der Waals surface area contributed by atoms with Crippen molar-refractivity contribution in [3.05, 3.63) is 12.2 Å². The molecule has 0 spiro atoms. The molecule has 0 saturated heterocycles. The van der Waals surface area contributed by atoms with Crippen molar-refractivity contribution in [2.24, 2.45) is 0 Å². The molecule has 0 rings (SSSR count). The van der Waals surface area contributed by atoms with E-state index < -0.39 is 5.97 Å². The average Bonchev–Trinajstić information content (AvgIpc) is 2.85. The normalized spacial score (nSPS) is 11.2. The van der Waals surface area contributed by atoms with Gasteiger partial charge in [0.1, 0.15) is 0 Å². The van der Waals surface area contributed by atoms with E-state index in [2.05, 4.69) is 13.5 Å². The topological polar surface area (TPSA) is 40.1 Å². The summed E-state index contributed by atoms with van der Waals surface area (Å²) in [6.45, 7) is 5.82. The van der Waals surface area contributed by atoms with E-state index in [1.807, 2.05) is 0 Å². The maximum atomic E-state index is 10.6. The van der Waals surface area contributed by atoms with Gasteiger partial charge in [-0.1, -0.05) is 187 Å². The van der Waals surface area contributed by atoms with Crippen LogP contribution in [0, 0.1) is 0 Å². The maximum Gasteiger partial charge on any atom is 0.0668 e. The van der Waals surface area contributed by atoms with Gasteiger partial charge in [0, 0.05) is 0 Å². The molecule has 0 aromatic rings. The Hall–Kier alpha value is -0.790. The van der Waals surface area contributed by atoms with E-state index in [-0.39, 0.29) is 5.57 Å². The van der Waals surface area contributed by atoms with Crippen LogP contribution in [0.2, 0.25) is 0 Å². The zero-order valence-electron chi connectivity index (χ0n) is 24.0. The third-order valence-corrected chi connectivity index (χ3v) is 7.62. The Kier molecular flexibility index (Phi) is 28.8. The minimum absolute atomic E-state index is 0.250. The van der Waals surface area contributed by atoms with Gasteiger partial charge in [-0.25, -0.2) is 0 Å². The second-order valence-electron chi connectivity index (χ2n) is 11.2. The number of hydrogen-bond donors (Lipinski definition) is 0. The molecular formula is C33H63O2-. The van der Waals surface area contributed by atoms with Crippen molar-refractivity contribution in [1.29, 1.82) is 0 Å². The minimum Gasteiger partial charge on any atom is -0.545 e. The van der Waals surface area contributed by atoms with E-state index in [1.165, 1.54) is 167 Å². The molecule has 0 amide bonds. The fourth-order valence-corrected chi connectivity index (χ4v) is 5.11. The first-order chi connectivity index (χ1) is 17.2.